The molecule has 2 rings (SSSR count). The predicted molar refractivity (Wildman–Crippen MR) is 132 cm³/mol. The second-order valence-electron chi connectivity index (χ2n) is 9.30. The molecule has 1 aromatic rings. The van der Waals surface area contributed by atoms with Gasteiger partial charge in [-0.1, -0.05) is 50.3 Å². The van der Waals surface area contributed by atoms with Gasteiger partial charge in [0.15, 0.2) is 6.29 Å². The van der Waals surface area contributed by atoms with Crippen LogP contribution in [0.5, 0.6) is 0 Å². The van der Waals surface area contributed by atoms with Crippen LogP contribution in [0.3, 0.4) is 0 Å². The highest BCUT2D eigenvalue weighted by atomic mass is 16.7. The van der Waals surface area contributed by atoms with Crippen molar-refractivity contribution < 1.29 is 42.7 Å². The normalized spacial score (nSPS) is 24.6. The minimum atomic E-state index is -0.714. The highest BCUT2D eigenvalue weighted by molar-refractivity contribution is 5.81. The van der Waals surface area contributed by atoms with Gasteiger partial charge in [0, 0.05) is 52.6 Å². The summed E-state index contributed by atoms with van der Waals surface area (Å²) in [7, 11) is 6.03. The first-order valence-electron chi connectivity index (χ1n) is 12.0. The fourth-order valence-corrected chi connectivity index (χ4v) is 4.60. The Labute approximate surface area is 214 Å². The van der Waals surface area contributed by atoms with Gasteiger partial charge >= 0.3 is 11.9 Å². The maximum absolute atomic E-state index is 11.8. The Morgan fingerprint density at radius 1 is 1.08 bits per heavy atom. The molecule has 0 aromatic heterocycles. The summed E-state index contributed by atoms with van der Waals surface area (Å²) >= 11 is 0. The molecule has 9 nitrogen and oxygen atoms in total. The van der Waals surface area contributed by atoms with Crippen LogP contribution in [-0.4, -0.2) is 77.2 Å². The summed E-state index contributed by atoms with van der Waals surface area (Å²) in [6.45, 7) is 5.78. The molecule has 1 fully saturated rings. The highest BCUT2D eigenvalue weighted by Crippen LogP contribution is 2.43. The average molecular weight is 509 g/mol. The monoisotopic (exact) mass is 508 g/mol. The van der Waals surface area contributed by atoms with Crippen LogP contribution in [0.15, 0.2) is 42.5 Å². The predicted octanol–water partition coefficient (Wildman–Crippen LogP) is 3.44. The molecule has 9 heteroatoms. The van der Waals surface area contributed by atoms with Crippen LogP contribution in [0.4, 0.5) is 0 Å². The average Bonchev–Trinajstić information content (AvgIpc) is 2.85. The van der Waals surface area contributed by atoms with Crippen molar-refractivity contribution in [2.75, 3.05) is 28.4 Å². The van der Waals surface area contributed by atoms with E-state index in [1.54, 1.807) is 27.4 Å². The van der Waals surface area contributed by atoms with Crippen molar-refractivity contribution >= 4 is 11.9 Å². The van der Waals surface area contributed by atoms with Crippen LogP contribution >= 0.6 is 0 Å². The Hall–Kier alpha value is -2.30. The molecule has 0 bridgehead atoms. The lowest BCUT2D eigenvalue weighted by molar-refractivity contribution is -0.307. The van der Waals surface area contributed by atoms with Crippen LogP contribution in [0.1, 0.15) is 39.2 Å². The molecule has 1 aromatic carbocycles. The van der Waals surface area contributed by atoms with Gasteiger partial charge in [-0.15, -0.1) is 0 Å². The van der Waals surface area contributed by atoms with Crippen molar-refractivity contribution in [2.45, 2.75) is 77.0 Å². The Morgan fingerprint density at radius 2 is 1.75 bits per heavy atom. The molecule has 1 aliphatic rings. The van der Waals surface area contributed by atoms with E-state index in [2.05, 4.69) is 4.74 Å². The van der Waals surface area contributed by atoms with Crippen LogP contribution in [-0.2, 0) is 49.4 Å². The molecule has 0 radical (unpaired) electrons. The molecule has 1 saturated heterocycles. The molecule has 0 aliphatic carbocycles. The van der Waals surface area contributed by atoms with Crippen molar-refractivity contribution in [1.29, 1.82) is 0 Å². The van der Waals surface area contributed by atoms with Gasteiger partial charge in [-0.3, -0.25) is 4.79 Å². The molecule has 0 spiro atoms. The topological polar surface area (TPSA) is 98.8 Å². The number of methoxy groups -OCH3 is 4. The molecule has 0 amide bonds. The zero-order valence-electron chi connectivity index (χ0n) is 22.3. The number of hydrogen-bond acceptors (Lipinski definition) is 9. The third-order valence-electron chi connectivity index (χ3n) is 6.44. The first kappa shape index (κ1) is 29.9. The number of esters is 2. The van der Waals surface area contributed by atoms with Gasteiger partial charge in [0.05, 0.1) is 25.9 Å². The van der Waals surface area contributed by atoms with Gasteiger partial charge in [-0.05, 0) is 5.56 Å². The second-order valence-corrected chi connectivity index (χ2v) is 9.30. The number of carbonyl (C=O) groups is 2. The number of carbonyl (C=O) groups excluding carboxylic acids is 2. The summed E-state index contributed by atoms with van der Waals surface area (Å²) in [6.07, 6.45) is 0.452. The second kappa shape index (κ2) is 14.4. The van der Waals surface area contributed by atoms with Crippen LogP contribution in [0, 0.1) is 5.41 Å². The van der Waals surface area contributed by atoms with Crippen molar-refractivity contribution in [2.24, 2.45) is 5.41 Å². The summed E-state index contributed by atoms with van der Waals surface area (Å²) in [6, 6.07) is 9.85. The zero-order valence-corrected chi connectivity index (χ0v) is 22.3. The lowest BCUT2D eigenvalue weighted by atomic mass is 9.72. The smallest absolute Gasteiger partial charge is 0.330 e. The third kappa shape index (κ3) is 8.11. The zero-order chi connectivity index (χ0) is 26.7. The van der Waals surface area contributed by atoms with Crippen molar-refractivity contribution in [3.63, 3.8) is 0 Å². The van der Waals surface area contributed by atoms with E-state index in [-0.39, 0.29) is 6.10 Å². The molecule has 5 atom stereocenters. The Morgan fingerprint density at radius 3 is 2.31 bits per heavy atom. The Kier molecular flexibility index (Phi) is 12.0. The van der Waals surface area contributed by atoms with E-state index < -0.39 is 48.1 Å². The third-order valence-corrected chi connectivity index (χ3v) is 6.44. The highest BCUT2D eigenvalue weighted by Gasteiger charge is 2.54. The Bertz CT molecular complexity index is 835. The van der Waals surface area contributed by atoms with Crippen molar-refractivity contribution in [3.05, 3.63) is 48.0 Å². The minimum absolute atomic E-state index is 0.318. The maximum Gasteiger partial charge on any atom is 0.330 e. The van der Waals surface area contributed by atoms with E-state index in [0.717, 1.165) is 5.56 Å². The largest absolute Gasteiger partial charge is 0.466 e. The van der Waals surface area contributed by atoms with Crippen molar-refractivity contribution in [3.8, 4) is 0 Å². The molecule has 0 saturated carbocycles. The van der Waals surface area contributed by atoms with Gasteiger partial charge in [0.1, 0.15) is 18.3 Å². The molecule has 0 unspecified atom stereocenters. The van der Waals surface area contributed by atoms with Crippen LogP contribution in [0.25, 0.3) is 0 Å². The van der Waals surface area contributed by atoms with Gasteiger partial charge in [0.2, 0.25) is 0 Å². The van der Waals surface area contributed by atoms with E-state index in [4.69, 9.17) is 28.4 Å². The van der Waals surface area contributed by atoms with Crippen LogP contribution < -0.4 is 0 Å². The fourth-order valence-electron chi connectivity index (χ4n) is 4.60. The van der Waals surface area contributed by atoms with Gasteiger partial charge in [-0.2, -0.15) is 0 Å². The summed E-state index contributed by atoms with van der Waals surface area (Å²) in [5, 5.41) is 0. The number of ether oxygens (including phenoxy) is 7. The molecule has 36 heavy (non-hydrogen) atoms. The SMILES string of the molecule is COC(=O)/C=C\C[C@H](C[C@H]1O[C@H](C(OC)OC)[C@H](OCc2ccccc2)[C@@H](OC)C1(C)C)OC(C)=O. The van der Waals surface area contributed by atoms with E-state index in [1.165, 1.54) is 20.1 Å². The lowest BCUT2D eigenvalue weighted by Crippen LogP contribution is -2.64. The number of hydrogen-bond donors (Lipinski definition) is 0. The minimum Gasteiger partial charge on any atom is -0.466 e. The summed E-state index contributed by atoms with van der Waals surface area (Å²) in [4.78, 5) is 23.3. The summed E-state index contributed by atoms with van der Waals surface area (Å²) in [5.41, 5.74) is 0.480. The van der Waals surface area contributed by atoms with E-state index >= 15 is 0 Å². The molecule has 1 aliphatic heterocycles. The van der Waals surface area contributed by atoms with E-state index in [9.17, 15) is 9.59 Å². The lowest BCUT2D eigenvalue weighted by Gasteiger charge is -2.52. The van der Waals surface area contributed by atoms with Crippen molar-refractivity contribution in [1.82, 2.24) is 0 Å². The summed E-state index contributed by atoms with van der Waals surface area (Å²) < 4.78 is 40.3. The molecule has 1 heterocycles. The standard InChI is InChI=1S/C27H40O9/c1-18(28)35-20(14-11-15-22(29)30-4)16-21-27(2,3)25(31-5)23(24(36-21)26(32-6)33-7)34-17-19-12-9-8-10-13-19/h8-13,15,20-21,23-26H,14,16-17H2,1-7H3/b15-11-/t20-,21-,23+,24+,25-/m1/s1. The first-order valence-corrected chi connectivity index (χ1v) is 12.0. The van der Waals surface area contributed by atoms with E-state index in [0.29, 0.717) is 19.4 Å². The quantitative estimate of drug-likeness (QED) is 0.225. The van der Waals surface area contributed by atoms with E-state index in [1.807, 2.05) is 44.2 Å². The molecule has 202 valence electrons. The molecular formula is C27H40O9. The van der Waals surface area contributed by atoms with Gasteiger partial charge in [0.25, 0.3) is 0 Å². The number of benzene rings is 1. The van der Waals surface area contributed by atoms with Gasteiger partial charge < -0.3 is 33.2 Å². The number of rotatable bonds is 13. The van der Waals surface area contributed by atoms with Gasteiger partial charge in [-0.25, -0.2) is 4.79 Å². The fraction of sp³-hybridized carbons (Fsp3) is 0.630. The first-order chi connectivity index (χ1) is 17.2. The molecular weight excluding hydrogens is 468 g/mol. The Balaban J connectivity index is 2.31. The maximum atomic E-state index is 11.8. The molecule has 0 N–H and O–H groups in total. The van der Waals surface area contributed by atoms with Crippen LogP contribution in [0.2, 0.25) is 0 Å². The summed E-state index contributed by atoms with van der Waals surface area (Å²) in [5.74, 6) is -0.901.